The van der Waals surface area contributed by atoms with Crippen LogP contribution < -0.4 is 10.1 Å². The average Bonchev–Trinajstić information content (AvgIpc) is 2.53. The van der Waals surface area contributed by atoms with E-state index in [1.165, 1.54) is 5.56 Å². The van der Waals surface area contributed by atoms with Crippen molar-refractivity contribution in [2.45, 2.75) is 25.8 Å². The van der Waals surface area contributed by atoms with E-state index in [1.807, 2.05) is 6.20 Å². The van der Waals surface area contributed by atoms with E-state index >= 15 is 0 Å². The number of ether oxygens (including phenoxy) is 1. The van der Waals surface area contributed by atoms with Gasteiger partial charge in [-0.3, -0.25) is 9.97 Å². The summed E-state index contributed by atoms with van der Waals surface area (Å²) in [5.41, 5.74) is 3.38. The zero-order valence-electron chi connectivity index (χ0n) is 11.7. The van der Waals surface area contributed by atoms with Crippen LogP contribution in [0.25, 0.3) is 0 Å². The van der Waals surface area contributed by atoms with Crippen LogP contribution in [0.1, 0.15) is 36.2 Å². The third kappa shape index (κ3) is 2.51. The number of nitrogens with zero attached hydrogens (tertiary/aromatic N) is 2. The molecule has 0 aliphatic carbocycles. The van der Waals surface area contributed by atoms with E-state index in [9.17, 15) is 0 Å². The molecule has 1 unspecified atom stereocenters. The number of nitrogens with one attached hydrogen (secondary N) is 1. The van der Waals surface area contributed by atoms with Gasteiger partial charge in [0.1, 0.15) is 5.75 Å². The van der Waals surface area contributed by atoms with Crippen LogP contribution in [-0.2, 0) is 6.42 Å². The number of rotatable bonds is 4. The van der Waals surface area contributed by atoms with Crippen molar-refractivity contribution in [3.8, 4) is 5.75 Å². The van der Waals surface area contributed by atoms with E-state index in [0.717, 1.165) is 43.0 Å². The minimum absolute atomic E-state index is 0.0294. The molecule has 0 radical (unpaired) electrons. The molecule has 4 nitrogen and oxygen atoms in total. The summed E-state index contributed by atoms with van der Waals surface area (Å²) in [7, 11) is 0. The molecule has 1 aromatic heterocycles. The van der Waals surface area contributed by atoms with E-state index in [1.54, 1.807) is 12.4 Å². The highest BCUT2D eigenvalue weighted by molar-refractivity contribution is 5.46. The van der Waals surface area contributed by atoms with Gasteiger partial charge in [-0.1, -0.05) is 25.1 Å². The van der Waals surface area contributed by atoms with Crippen molar-refractivity contribution >= 4 is 0 Å². The highest BCUT2D eigenvalue weighted by atomic mass is 16.5. The Kier molecular flexibility index (Phi) is 3.92. The third-order valence-corrected chi connectivity index (χ3v) is 3.56. The van der Waals surface area contributed by atoms with E-state index in [2.05, 4.69) is 40.4 Å². The first-order valence-corrected chi connectivity index (χ1v) is 7.14. The molecule has 3 rings (SSSR count). The Morgan fingerprint density at radius 1 is 1.35 bits per heavy atom. The fraction of sp³-hybridized carbons (Fsp3) is 0.375. The molecule has 2 heterocycles. The van der Waals surface area contributed by atoms with Gasteiger partial charge in [-0.25, -0.2) is 0 Å². The minimum atomic E-state index is 0.0294. The normalized spacial score (nSPS) is 15.2. The van der Waals surface area contributed by atoms with Gasteiger partial charge in [-0.05, 0) is 24.9 Å². The Morgan fingerprint density at radius 2 is 2.30 bits per heavy atom. The lowest BCUT2D eigenvalue weighted by molar-refractivity contribution is 0.283. The highest BCUT2D eigenvalue weighted by Gasteiger charge is 2.22. The van der Waals surface area contributed by atoms with Crippen molar-refractivity contribution in [2.24, 2.45) is 0 Å². The summed E-state index contributed by atoms with van der Waals surface area (Å²) >= 11 is 0. The predicted octanol–water partition coefficient (Wildman–Crippen LogP) is 2.50. The van der Waals surface area contributed by atoms with Gasteiger partial charge in [0.2, 0.25) is 0 Å². The lowest BCUT2D eigenvalue weighted by Gasteiger charge is -2.25. The third-order valence-electron chi connectivity index (χ3n) is 3.56. The molecule has 1 aromatic carbocycles. The van der Waals surface area contributed by atoms with Gasteiger partial charge < -0.3 is 10.1 Å². The van der Waals surface area contributed by atoms with Crippen LogP contribution in [0.3, 0.4) is 0 Å². The SMILES string of the molecule is CCNC(c1cnccn1)c1cccc2c1OCCC2. The maximum atomic E-state index is 5.92. The molecule has 1 aliphatic rings. The minimum Gasteiger partial charge on any atom is -0.493 e. The van der Waals surface area contributed by atoms with E-state index in [4.69, 9.17) is 4.74 Å². The Balaban J connectivity index is 2.04. The molecule has 0 saturated heterocycles. The number of hydrogen-bond donors (Lipinski definition) is 1. The van der Waals surface area contributed by atoms with Crippen LogP contribution in [0.4, 0.5) is 0 Å². The molecule has 0 fully saturated rings. The molecule has 2 aromatic rings. The summed E-state index contributed by atoms with van der Waals surface area (Å²) in [5.74, 6) is 1.02. The Hall–Kier alpha value is -1.94. The Bertz CT molecular complexity index is 571. The number of aryl methyl sites for hydroxylation is 1. The summed E-state index contributed by atoms with van der Waals surface area (Å²) in [5, 5.41) is 3.48. The monoisotopic (exact) mass is 269 g/mol. The van der Waals surface area contributed by atoms with E-state index < -0.39 is 0 Å². The first kappa shape index (κ1) is 13.1. The van der Waals surface area contributed by atoms with Gasteiger partial charge in [0, 0.05) is 18.0 Å². The largest absolute Gasteiger partial charge is 0.493 e. The van der Waals surface area contributed by atoms with Crippen LogP contribution in [0.15, 0.2) is 36.8 Å². The first-order valence-electron chi connectivity index (χ1n) is 7.14. The highest BCUT2D eigenvalue weighted by Crippen LogP contribution is 2.34. The number of para-hydroxylation sites is 1. The van der Waals surface area contributed by atoms with Gasteiger partial charge in [0.15, 0.2) is 0 Å². The fourth-order valence-electron chi connectivity index (χ4n) is 2.68. The molecular formula is C16H19N3O. The van der Waals surface area contributed by atoms with Crippen molar-refractivity contribution in [1.29, 1.82) is 0 Å². The Labute approximate surface area is 119 Å². The molecule has 0 bridgehead atoms. The van der Waals surface area contributed by atoms with Gasteiger partial charge in [-0.15, -0.1) is 0 Å². The van der Waals surface area contributed by atoms with E-state index in [0.29, 0.717) is 0 Å². The van der Waals surface area contributed by atoms with Crippen molar-refractivity contribution in [2.75, 3.05) is 13.2 Å². The smallest absolute Gasteiger partial charge is 0.127 e. The van der Waals surface area contributed by atoms with Crippen LogP contribution in [0.5, 0.6) is 5.75 Å². The summed E-state index contributed by atoms with van der Waals surface area (Å²) in [6.45, 7) is 3.76. The quantitative estimate of drug-likeness (QED) is 0.926. The second kappa shape index (κ2) is 6.01. The number of benzene rings is 1. The average molecular weight is 269 g/mol. The first-order chi connectivity index (χ1) is 9.90. The molecule has 1 N–H and O–H groups in total. The van der Waals surface area contributed by atoms with Crippen molar-refractivity contribution in [3.05, 3.63) is 53.6 Å². The second-order valence-electron chi connectivity index (χ2n) is 4.91. The standard InChI is InChI=1S/C16H19N3O/c1-2-18-15(14-11-17-8-9-19-14)13-7-3-5-12-6-4-10-20-16(12)13/h3,5,7-9,11,15,18H,2,4,6,10H2,1H3. The zero-order chi connectivity index (χ0) is 13.8. The maximum absolute atomic E-state index is 5.92. The molecule has 1 atom stereocenters. The van der Waals surface area contributed by atoms with Crippen molar-refractivity contribution < 1.29 is 4.74 Å². The molecule has 4 heteroatoms. The van der Waals surface area contributed by atoms with Crippen LogP contribution in [0.2, 0.25) is 0 Å². The number of aromatic nitrogens is 2. The van der Waals surface area contributed by atoms with Gasteiger partial charge in [0.25, 0.3) is 0 Å². The van der Waals surface area contributed by atoms with E-state index in [-0.39, 0.29) is 6.04 Å². The second-order valence-corrected chi connectivity index (χ2v) is 4.91. The number of hydrogen-bond acceptors (Lipinski definition) is 4. The summed E-state index contributed by atoms with van der Waals surface area (Å²) in [6.07, 6.45) is 7.42. The molecular weight excluding hydrogens is 250 g/mol. The summed E-state index contributed by atoms with van der Waals surface area (Å²) in [4.78, 5) is 8.62. The summed E-state index contributed by atoms with van der Waals surface area (Å²) < 4.78 is 5.92. The molecule has 104 valence electrons. The Morgan fingerprint density at radius 3 is 3.10 bits per heavy atom. The maximum Gasteiger partial charge on any atom is 0.127 e. The topological polar surface area (TPSA) is 47.0 Å². The predicted molar refractivity (Wildman–Crippen MR) is 77.8 cm³/mol. The molecule has 0 spiro atoms. The summed E-state index contributed by atoms with van der Waals surface area (Å²) in [6, 6.07) is 6.40. The van der Waals surface area contributed by atoms with Crippen LogP contribution in [-0.4, -0.2) is 23.1 Å². The number of fused-ring (bicyclic) bond motifs is 1. The molecule has 1 aliphatic heterocycles. The van der Waals surface area contributed by atoms with Crippen molar-refractivity contribution in [1.82, 2.24) is 15.3 Å². The molecule has 20 heavy (non-hydrogen) atoms. The van der Waals surface area contributed by atoms with Crippen LogP contribution >= 0.6 is 0 Å². The lowest BCUT2D eigenvalue weighted by atomic mass is 9.96. The van der Waals surface area contributed by atoms with Gasteiger partial charge in [0.05, 0.1) is 24.5 Å². The fourth-order valence-corrected chi connectivity index (χ4v) is 2.68. The van der Waals surface area contributed by atoms with Gasteiger partial charge >= 0.3 is 0 Å². The van der Waals surface area contributed by atoms with Crippen molar-refractivity contribution in [3.63, 3.8) is 0 Å². The van der Waals surface area contributed by atoms with Crippen LogP contribution in [0, 0.1) is 0 Å². The molecule has 0 amide bonds. The zero-order valence-corrected chi connectivity index (χ0v) is 11.7. The lowest BCUT2D eigenvalue weighted by Crippen LogP contribution is -2.25. The van der Waals surface area contributed by atoms with Gasteiger partial charge in [-0.2, -0.15) is 0 Å². The molecule has 0 saturated carbocycles.